The van der Waals surface area contributed by atoms with Gasteiger partial charge >= 0.3 is 0 Å². The van der Waals surface area contributed by atoms with Crippen molar-refractivity contribution >= 4 is 22.8 Å². The van der Waals surface area contributed by atoms with Gasteiger partial charge in [0.25, 0.3) is 0 Å². The van der Waals surface area contributed by atoms with E-state index in [1.54, 1.807) is 54.6 Å². The van der Waals surface area contributed by atoms with Crippen LogP contribution in [0.3, 0.4) is 0 Å². The highest BCUT2D eigenvalue weighted by molar-refractivity contribution is 5.89. The fraction of sp³-hybridized carbons (Fsp3) is 0.133. The van der Waals surface area contributed by atoms with E-state index in [1.807, 2.05) is 24.3 Å². The van der Waals surface area contributed by atoms with Gasteiger partial charge < -0.3 is 10.2 Å². The van der Waals surface area contributed by atoms with Crippen LogP contribution < -0.4 is 5.32 Å². The summed E-state index contributed by atoms with van der Waals surface area (Å²) in [5.41, 5.74) is 3.30. The van der Waals surface area contributed by atoms with Gasteiger partial charge in [-0.15, -0.1) is 5.10 Å². The molecular formula is C30H25F2N5O2. The van der Waals surface area contributed by atoms with Gasteiger partial charge in [-0.1, -0.05) is 71.9 Å². The number of carbonyl (C=O) groups excluding carboxylic acids is 2. The first-order chi connectivity index (χ1) is 19.0. The summed E-state index contributed by atoms with van der Waals surface area (Å²) in [6, 6.07) is 26.9. The number of amides is 2. The number of hydrogen-bond acceptors (Lipinski definition) is 4. The average molecular weight is 526 g/mol. The SMILES string of the molecule is O=C(NCc1ccc(F)cc1)[C@H](c1ccccc1)N(Cc1ccc(F)cc1)C(=O)Cn1nnc2ccccc21. The lowest BCUT2D eigenvalue weighted by Gasteiger charge is -2.31. The van der Waals surface area contributed by atoms with Crippen molar-refractivity contribution in [1.82, 2.24) is 25.2 Å². The molecule has 5 aromatic rings. The molecule has 1 atom stereocenters. The number of rotatable bonds is 9. The molecule has 39 heavy (non-hydrogen) atoms. The molecular weight excluding hydrogens is 500 g/mol. The standard InChI is InChI=1S/C30H25F2N5O2/c31-24-14-10-21(11-15-24)18-33-30(39)29(23-6-2-1-3-7-23)36(19-22-12-16-25(32)17-13-22)28(38)20-37-27-9-5-4-8-26(27)34-35-37/h1-17,29H,18-20H2,(H,33,39)/t29-/m0/s1. The van der Waals surface area contributed by atoms with Crippen molar-refractivity contribution < 1.29 is 18.4 Å². The van der Waals surface area contributed by atoms with Gasteiger partial charge in [0.2, 0.25) is 11.8 Å². The largest absolute Gasteiger partial charge is 0.350 e. The number of halogens is 2. The molecule has 1 N–H and O–H groups in total. The number of nitrogens with one attached hydrogen (secondary N) is 1. The Balaban J connectivity index is 1.48. The zero-order valence-corrected chi connectivity index (χ0v) is 20.9. The second-order valence-corrected chi connectivity index (χ2v) is 9.04. The van der Waals surface area contributed by atoms with Crippen LogP contribution in [0.5, 0.6) is 0 Å². The Bertz CT molecular complexity index is 1570. The number of fused-ring (bicyclic) bond motifs is 1. The van der Waals surface area contributed by atoms with Crippen LogP contribution in [0.1, 0.15) is 22.7 Å². The first kappa shape index (κ1) is 25.7. The Hall–Kier alpha value is -4.92. The molecule has 9 heteroatoms. The van der Waals surface area contributed by atoms with Crippen LogP contribution in [0.15, 0.2) is 103 Å². The molecule has 0 aliphatic heterocycles. The summed E-state index contributed by atoms with van der Waals surface area (Å²) in [5.74, 6) is -1.56. The third-order valence-corrected chi connectivity index (χ3v) is 6.35. The van der Waals surface area contributed by atoms with Crippen molar-refractivity contribution in [3.8, 4) is 0 Å². The van der Waals surface area contributed by atoms with Crippen molar-refractivity contribution in [3.63, 3.8) is 0 Å². The Labute approximate surface area is 223 Å². The molecule has 0 aliphatic carbocycles. The number of para-hydroxylation sites is 1. The Morgan fingerprint density at radius 3 is 2.10 bits per heavy atom. The quantitative estimate of drug-likeness (QED) is 0.300. The summed E-state index contributed by atoms with van der Waals surface area (Å²) in [5, 5.41) is 11.1. The zero-order valence-electron chi connectivity index (χ0n) is 20.9. The summed E-state index contributed by atoms with van der Waals surface area (Å²) in [6.45, 7) is 0.0420. The molecule has 0 fully saturated rings. The van der Waals surface area contributed by atoms with Crippen LogP contribution in [-0.2, 0) is 29.2 Å². The van der Waals surface area contributed by atoms with Crippen molar-refractivity contribution in [2.45, 2.75) is 25.7 Å². The lowest BCUT2D eigenvalue weighted by Crippen LogP contribution is -2.44. The van der Waals surface area contributed by atoms with Gasteiger partial charge in [0.05, 0.1) is 5.52 Å². The second kappa shape index (κ2) is 11.6. The zero-order chi connectivity index (χ0) is 27.2. The number of nitrogens with zero attached hydrogens (tertiary/aromatic N) is 4. The fourth-order valence-corrected chi connectivity index (χ4v) is 4.36. The van der Waals surface area contributed by atoms with Crippen LogP contribution in [0.4, 0.5) is 8.78 Å². The highest BCUT2D eigenvalue weighted by Crippen LogP contribution is 2.25. The van der Waals surface area contributed by atoms with Crippen LogP contribution in [0, 0.1) is 11.6 Å². The Kier molecular flexibility index (Phi) is 7.68. The summed E-state index contributed by atoms with van der Waals surface area (Å²) in [4.78, 5) is 29.1. The van der Waals surface area contributed by atoms with E-state index in [-0.39, 0.29) is 31.4 Å². The van der Waals surface area contributed by atoms with Gasteiger partial charge in [0.1, 0.15) is 29.7 Å². The lowest BCUT2D eigenvalue weighted by molar-refractivity contribution is -0.142. The normalized spacial score (nSPS) is 11.7. The van der Waals surface area contributed by atoms with Gasteiger partial charge in [-0.05, 0) is 53.1 Å². The van der Waals surface area contributed by atoms with Gasteiger partial charge in [-0.3, -0.25) is 9.59 Å². The van der Waals surface area contributed by atoms with E-state index in [0.717, 1.165) is 0 Å². The van der Waals surface area contributed by atoms with E-state index in [9.17, 15) is 18.4 Å². The van der Waals surface area contributed by atoms with Crippen molar-refractivity contribution in [2.24, 2.45) is 0 Å². The predicted molar refractivity (Wildman–Crippen MR) is 142 cm³/mol. The number of benzene rings is 4. The molecule has 1 aromatic heterocycles. The minimum Gasteiger partial charge on any atom is -0.350 e. The van der Waals surface area contributed by atoms with E-state index >= 15 is 0 Å². The lowest BCUT2D eigenvalue weighted by atomic mass is 10.0. The monoisotopic (exact) mass is 525 g/mol. The number of aromatic nitrogens is 3. The first-order valence-corrected chi connectivity index (χ1v) is 12.4. The van der Waals surface area contributed by atoms with E-state index in [0.29, 0.717) is 27.7 Å². The minimum atomic E-state index is -1.00. The molecule has 0 saturated carbocycles. The van der Waals surface area contributed by atoms with Gasteiger partial charge in [0, 0.05) is 13.1 Å². The number of hydrogen-bond donors (Lipinski definition) is 1. The van der Waals surface area contributed by atoms with E-state index < -0.39 is 17.8 Å². The molecule has 196 valence electrons. The number of carbonyl (C=O) groups is 2. The minimum absolute atomic E-state index is 0.0509. The Morgan fingerprint density at radius 1 is 0.795 bits per heavy atom. The first-order valence-electron chi connectivity index (χ1n) is 12.4. The summed E-state index contributed by atoms with van der Waals surface area (Å²) in [6.07, 6.45) is 0. The smallest absolute Gasteiger partial charge is 0.247 e. The van der Waals surface area contributed by atoms with Crippen molar-refractivity contribution in [3.05, 3.63) is 131 Å². The highest BCUT2D eigenvalue weighted by Gasteiger charge is 2.32. The molecule has 2 amide bonds. The van der Waals surface area contributed by atoms with Crippen molar-refractivity contribution in [1.29, 1.82) is 0 Å². The molecule has 0 bridgehead atoms. The van der Waals surface area contributed by atoms with Crippen LogP contribution in [0.25, 0.3) is 11.0 Å². The summed E-state index contributed by atoms with van der Waals surface area (Å²) in [7, 11) is 0. The third kappa shape index (κ3) is 6.15. The highest BCUT2D eigenvalue weighted by atomic mass is 19.1. The van der Waals surface area contributed by atoms with Crippen LogP contribution in [-0.4, -0.2) is 31.7 Å². The summed E-state index contributed by atoms with van der Waals surface area (Å²) >= 11 is 0. The molecule has 7 nitrogen and oxygen atoms in total. The maximum Gasteiger partial charge on any atom is 0.247 e. The molecule has 1 heterocycles. The molecule has 0 unspecified atom stereocenters. The topological polar surface area (TPSA) is 80.1 Å². The molecule has 4 aromatic carbocycles. The molecule has 5 rings (SSSR count). The van der Waals surface area contributed by atoms with E-state index in [1.165, 1.54) is 33.8 Å². The van der Waals surface area contributed by atoms with E-state index in [2.05, 4.69) is 15.6 Å². The molecule has 0 saturated heterocycles. The fourth-order valence-electron chi connectivity index (χ4n) is 4.36. The van der Waals surface area contributed by atoms with Gasteiger partial charge in [-0.25, -0.2) is 13.5 Å². The average Bonchev–Trinajstić information content (AvgIpc) is 3.36. The van der Waals surface area contributed by atoms with Crippen molar-refractivity contribution in [2.75, 3.05) is 0 Å². The third-order valence-electron chi connectivity index (χ3n) is 6.35. The van der Waals surface area contributed by atoms with Gasteiger partial charge in [-0.2, -0.15) is 0 Å². The van der Waals surface area contributed by atoms with E-state index in [4.69, 9.17) is 0 Å². The molecule has 0 spiro atoms. The second-order valence-electron chi connectivity index (χ2n) is 9.04. The van der Waals surface area contributed by atoms with Gasteiger partial charge in [0.15, 0.2) is 0 Å². The van der Waals surface area contributed by atoms with Crippen LogP contribution in [0.2, 0.25) is 0 Å². The Morgan fingerprint density at radius 2 is 1.41 bits per heavy atom. The van der Waals surface area contributed by atoms with Crippen LogP contribution >= 0.6 is 0 Å². The maximum atomic E-state index is 13.9. The summed E-state index contributed by atoms with van der Waals surface area (Å²) < 4.78 is 28.5. The molecule has 0 aliphatic rings. The predicted octanol–water partition coefficient (Wildman–Crippen LogP) is 4.80. The maximum absolute atomic E-state index is 13.9. The molecule has 0 radical (unpaired) electrons.